The van der Waals surface area contributed by atoms with Gasteiger partial charge in [0.1, 0.15) is 0 Å². The summed E-state index contributed by atoms with van der Waals surface area (Å²) in [6.45, 7) is 2.37. The Morgan fingerprint density at radius 1 is 1.12 bits per heavy atom. The number of aliphatic hydroxyl groups is 2. The summed E-state index contributed by atoms with van der Waals surface area (Å²) in [5.74, 6) is 0. The first-order valence-corrected chi connectivity index (χ1v) is 5.81. The summed E-state index contributed by atoms with van der Waals surface area (Å²) in [6.07, 6.45) is 12.0. The van der Waals surface area contributed by atoms with Gasteiger partial charge in [0, 0.05) is 30.5 Å². The summed E-state index contributed by atoms with van der Waals surface area (Å²) >= 11 is 0. The quantitative estimate of drug-likeness (QED) is 0.642. The highest BCUT2D eigenvalue weighted by atomic mass is 16.3. The number of rotatable bonds is 6. The Bertz CT molecular complexity index is 286. The lowest BCUT2D eigenvalue weighted by molar-refractivity contribution is 0.154. The van der Waals surface area contributed by atoms with Gasteiger partial charge in [0.05, 0.1) is 0 Å². The minimum atomic E-state index is -0.150. The minimum Gasteiger partial charge on any atom is -0.396 e. The van der Waals surface area contributed by atoms with Crippen molar-refractivity contribution in [3.63, 3.8) is 0 Å². The molecular formula is C13H21NO2. The van der Waals surface area contributed by atoms with Gasteiger partial charge < -0.3 is 15.5 Å². The number of allylic oxidation sites excluding steroid dienone is 5. The van der Waals surface area contributed by atoms with E-state index in [2.05, 4.69) is 12.2 Å². The Kier molecular flexibility index (Phi) is 5.29. The molecule has 1 rings (SSSR count). The molecule has 0 fully saturated rings. The van der Waals surface area contributed by atoms with Crippen LogP contribution in [0.3, 0.4) is 0 Å². The Morgan fingerprint density at radius 2 is 1.81 bits per heavy atom. The van der Waals surface area contributed by atoms with E-state index in [1.54, 1.807) is 0 Å². The van der Waals surface area contributed by atoms with Gasteiger partial charge >= 0.3 is 0 Å². The molecule has 3 nitrogen and oxygen atoms in total. The molecule has 1 aliphatic rings. The summed E-state index contributed by atoms with van der Waals surface area (Å²) in [5, 5.41) is 21.6. The van der Waals surface area contributed by atoms with Crippen LogP contribution in [0.25, 0.3) is 0 Å². The lowest BCUT2D eigenvalue weighted by Gasteiger charge is -2.34. The number of nitrogens with one attached hydrogen (secondary N) is 1. The monoisotopic (exact) mass is 223 g/mol. The molecule has 3 N–H and O–H groups in total. The molecule has 0 radical (unpaired) electrons. The SMILES string of the molecule is CCC(CCO)(CCO)C1=CC=CC=CN1. The molecule has 0 aromatic heterocycles. The third kappa shape index (κ3) is 2.97. The predicted molar refractivity (Wildman–Crippen MR) is 65.6 cm³/mol. The smallest absolute Gasteiger partial charge is 0.0440 e. The van der Waals surface area contributed by atoms with Crippen LogP contribution in [0.2, 0.25) is 0 Å². The normalized spacial score (nSPS) is 15.6. The summed E-state index contributed by atoms with van der Waals surface area (Å²) < 4.78 is 0. The van der Waals surface area contributed by atoms with Crippen LogP contribution in [-0.2, 0) is 0 Å². The second-order valence-electron chi connectivity index (χ2n) is 4.05. The van der Waals surface area contributed by atoms with Crippen molar-refractivity contribution >= 4 is 0 Å². The van der Waals surface area contributed by atoms with Crippen molar-refractivity contribution in [3.8, 4) is 0 Å². The van der Waals surface area contributed by atoms with Crippen molar-refractivity contribution in [1.29, 1.82) is 0 Å². The highest BCUT2D eigenvalue weighted by molar-refractivity contribution is 5.26. The Labute approximate surface area is 97.2 Å². The zero-order chi connectivity index (χ0) is 11.9. The van der Waals surface area contributed by atoms with Crippen molar-refractivity contribution in [1.82, 2.24) is 5.32 Å². The van der Waals surface area contributed by atoms with Gasteiger partial charge in [0.25, 0.3) is 0 Å². The van der Waals surface area contributed by atoms with Crippen LogP contribution >= 0.6 is 0 Å². The van der Waals surface area contributed by atoms with Gasteiger partial charge in [-0.1, -0.05) is 19.1 Å². The van der Waals surface area contributed by atoms with Gasteiger partial charge in [-0.25, -0.2) is 0 Å². The van der Waals surface area contributed by atoms with Crippen molar-refractivity contribution in [2.24, 2.45) is 5.41 Å². The van der Waals surface area contributed by atoms with Crippen molar-refractivity contribution in [2.45, 2.75) is 26.2 Å². The molecule has 1 heterocycles. The fraction of sp³-hybridized carbons (Fsp3) is 0.538. The molecule has 0 aliphatic carbocycles. The number of aliphatic hydroxyl groups excluding tert-OH is 2. The zero-order valence-corrected chi connectivity index (χ0v) is 9.82. The maximum absolute atomic E-state index is 9.19. The third-order valence-electron chi connectivity index (χ3n) is 3.25. The van der Waals surface area contributed by atoms with Crippen molar-refractivity contribution < 1.29 is 10.2 Å². The first-order chi connectivity index (χ1) is 7.79. The largest absolute Gasteiger partial charge is 0.396 e. The summed E-state index contributed by atoms with van der Waals surface area (Å²) in [7, 11) is 0. The van der Waals surface area contributed by atoms with Gasteiger partial charge in [-0.05, 0) is 31.4 Å². The Morgan fingerprint density at radius 3 is 2.38 bits per heavy atom. The predicted octanol–water partition coefficient (Wildman–Crippen LogP) is 1.70. The topological polar surface area (TPSA) is 52.5 Å². The zero-order valence-electron chi connectivity index (χ0n) is 9.82. The van der Waals surface area contributed by atoms with E-state index in [-0.39, 0.29) is 18.6 Å². The van der Waals surface area contributed by atoms with E-state index in [0.717, 1.165) is 12.1 Å². The summed E-state index contributed by atoms with van der Waals surface area (Å²) in [4.78, 5) is 0. The third-order valence-corrected chi connectivity index (χ3v) is 3.25. The van der Waals surface area contributed by atoms with Crippen LogP contribution in [0, 0.1) is 5.41 Å². The molecule has 1 aliphatic heterocycles. The molecule has 0 aromatic carbocycles. The minimum absolute atomic E-state index is 0.139. The Balaban J connectivity index is 2.93. The maximum atomic E-state index is 9.19. The molecule has 0 amide bonds. The molecule has 16 heavy (non-hydrogen) atoms. The molecule has 0 saturated carbocycles. The van der Waals surface area contributed by atoms with Gasteiger partial charge in [0.2, 0.25) is 0 Å². The molecule has 0 spiro atoms. The molecular weight excluding hydrogens is 202 g/mol. The molecule has 0 bridgehead atoms. The molecule has 0 unspecified atom stereocenters. The van der Waals surface area contributed by atoms with E-state index < -0.39 is 0 Å². The van der Waals surface area contributed by atoms with Crippen LogP contribution in [0.5, 0.6) is 0 Å². The van der Waals surface area contributed by atoms with Crippen LogP contribution in [0.15, 0.2) is 36.2 Å². The summed E-state index contributed by atoms with van der Waals surface area (Å²) in [6, 6.07) is 0. The molecule has 0 atom stereocenters. The summed E-state index contributed by atoms with van der Waals surface area (Å²) in [5.41, 5.74) is 0.922. The highest BCUT2D eigenvalue weighted by Gasteiger charge is 2.31. The van der Waals surface area contributed by atoms with E-state index in [9.17, 15) is 10.2 Å². The fourth-order valence-electron chi connectivity index (χ4n) is 2.15. The van der Waals surface area contributed by atoms with Gasteiger partial charge in [0.15, 0.2) is 0 Å². The molecule has 0 aromatic rings. The van der Waals surface area contributed by atoms with E-state index in [4.69, 9.17) is 0 Å². The van der Waals surface area contributed by atoms with Crippen LogP contribution in [-0.4, -0.2) is 23.4 Å². The van der Waals surface area contributed by atoms with Crippen molar-refractivity contribution in [3.05, 3.63) is 36.2 Å². The van der Waals surface area contributed by atoms with Gasteiger partial charge in [-0.15, -0.1) is 0 Å². The molecule has 90 valence electrons. The van der Waals surface area contributed by atoms with E-state index >= 15 is 0 Å². The molecule has 0 saturated heterocycles. The molecule has 3 heteroatoms. The van der Waals surface area contributed by atoms with E-state index in [1.807, 2.05) is 30.5 Å². The van der Waals surface area contributed by atoms with E-state index in [1.165, 1.54) is 0 Å². The lowest BCUT2D eigenvalue weighted by atomic mass is 9.75. The number of hydrogen-bond acceptors (Lipinski definition) is 3. The van der Waals surface area contributed by atoms with Gasteiger partial charge in [-0.2, -0.15) is 0 Å². The first-order valence-electron chi connectivity index (χ1n) is 5.81. The second-order valence-corrected chi connectivity index (χ2v) is 4.05. The van der Waals surface area contributed by atoms with E-state index in [0.29, 0.717) is 12.8 Å². The van der Waals surface area contributed by atoms with Crippen LogP contribution < -0.4 is 5.32 Å². The second kappa shape index (κ2) is 6.51. The Hall–Kier alpha value is -1.06. The average molecular weight is 223 g/mol. The first kappa shape index (κ1) is 13.0. The average Bonchev–Trinajstić information content (AvgIpc) is 2.57. The lowest BCUT2D eigenvalue weighted by Crippen LogP contribution is -2.31. The van der Waals surface area contributed by atoms with Crippen molar-refractivity contribution in [2.75, 3.05) is 13.2 Å². The standard InChI is InChI=1S/C13H21NO2/c1-2-13(7-10-15,8-11-16)12-6-4-3-5-9-14-12/h3-6,9,14-16H,2,7-8,10-11H2,1H3. The number of hydrogen-bond donors (Lipinski definition) is 3. The van der Waals surface area contributed by atoms with Gasteiger partial charge in [-0.3, -0.25) is 0 Å². The van der Waals surface area contributed by atoms with Crippen LogP contribution in [0.4, 0.5) is 0 Å². The highest BCUT2D eigenvalue weighted by Crippen LogP contribution is 2.37. The maximum Gasteiger partial charge on any atom is 0.0440 e. The van der Waals surface area contributed by atoms with Crippen LogP contribution in [0.1, 0.15) is 26.2 Å². The fourth-order valence-corrected chi connectivity index (χ4v) is 2.15.